The molecule has 4 heteroatoms. The van der Waals surface area contributed by atoms with E-state index in [0.717, 1.165) is 17.5 Å². The maximum Gasteiger partial charge on any atom is 0.203 e. The molecule has 3 atom stereocenters. The van der Waals surface area contributed by atoms with E-state index in [-0.39, 0.29) is 0 Å². The summed E-state index contributed by atoms with van der Waals surface area (Å²) in [6, 6.07) is 4.58. The highest BCUT2D eigenvalue weighted by Crippen LogP contribution is 2.46. The van der Waals surface area contributed by atoms with Crippen molar-refractivity contribution in [3.63, 3.8) is 0 Å². The van der Waals surface area contributed by atoms with Crippen molar-refractivity contribution in [1.82, 2.24) is 0 Å². The normalized spacial score (nSPS) is 27.4. The smallest absolute Gasteiger partial charge is 0.203 e. The first kappa shape index (κ1) is 13.4. The molecule has 0 aliphatic heterocycles. The molecule has 0 amide bonds. The highest BCUT2D eigenvalue weighted by molar-refractivity contribution is 5.63. The molecule has 1 aromatic rings. The molecule has 0 saturated heterocycles. The molecule has 2 aliphatic carbocycles. The third-order valence-electron chi connectivity index (χ3n) is 4.75. The molecule has 3 rings (SSSR count). The Balaban J connectivity index is 1.82. The van der Waals surface area contributed by atoms with Gasteiger partial charge in [0.25, 0.3) is 0 Å². The van der Waals surface area contributed by atoms with Gasteiger partial charge in [0.1, 0.15) is 0 Å². The van der Waals surface area contributed by atoms with E-state index in [1.165, 1.54) is 25.7 Å². The second-order valence-electron chi connectivity index (χ2n) is 5.84. The lowest BCUT2D eigenvalue weighted by Gasteiger charge is -2.25. The van der Waals surface area contributed by atoms with Crippen LogP contribution in [-0.2, 0) is 0 Å². The molecule has 110 valence electrons. The van der Waals surface area contributed by atoms with Crippen LogP contribution in [0.1, 0.15) is 25.7 Å². The number of methoxy groups -OCH3 is 3. The summed E-state index contributed by atoms with van der Waals surface area (Å²) >= 11 is 0. The predicted molar refractivity (Wildman–Crippen MR) is 79.0 cm³/mol. The summed E-state index contributed by atoms with van der Waals surface area (Å²) in [4.78, 5) is 0. The van der Waals surface area contributed by atoms with Crippen molar-refractivity contribution in [3.8, 4) is 17.2 Å². The summed E-state index contributed by atoms with van der Waals surface area (Å²) in [5.74, 6) is 3.82. The van der Waals surface area contributed by atoms with Gasteiger partial charge in [-0.1, -0.05) is 6.42 Å². The van der Waals surface area contributed by atoms with Crippen molar-refractivity contribution in [2.24, 2.45) is 11.8 Å². The molecule has 3 unspecified atom stereocenters. The van der Waals surface area contributed by atoms with Gasteiger partial charge in [0, 0.05) is 23.9 Å². The van der Waals surface area contributed by atoms with Crippen molar-refractivity contribution in [2.45, 2.75) is 31.7 Å². The number of benzene rings is 1. The lowest BCUT2D eigenvalue weighted by Crippen LogP contribution is -2.25. The van der Waals surface area contributed by atoms with Gasteiger partial charge < -0.3 is 19.5 Å². The number of anilines is 1. The molecule has 0 heterocycles. The Kier molecular flexibility index (Phi) is 3.64. The first-order chi connectivity index (χ1) is 9.75. The van der Waals surface area contributed by atoms with Gasteiger partial charge >= 0.3 is 0 Å². The second-order valence-corrected chi connectivity index (χ2v) is 5.84. The van der Waals surface area contributed by atoms with E-state index >= 15 is 0 Å². The van der Waals surface area contributed by atoms with Crippen LogP contribution in [-0.4, -0.2) is 27.4 Å². The Morgan fingerprint density at radius 1 is 0.950 bits per heavy atom. The Bertz CT molecular complexity index is 464. The first-order valence-electron chi connectivity index (χ1n) is 7.31. The van der Waals surface area contributed by atoms with Crippen LogP contribution in [0.25, 0.3) is 0 Å². The lowest BCUT2D eigenvalue weighted by atomic mass is 9.95. The number of hydrogen-bond acceptors (Lipinski definition) is 4. The van der Waals surface area contributed by atoms with Gasteiger partial charge in [-0.2, -0.15) is 0 Å². The molecule has 2 aliphatic rings. The summed E-state index contributed by atoms with van der Waals surface area (Å²) < 4.78 is 16.2. The van der Waals surface area contributed by atoms with Crippen molar-refractivity contribution in [3.05, 3.63) is 12.1 Å². The summed E-state index contributed by atoms with van der Waals surface area (Å²) in [6.45, 7) is 0. The molecule has 0 aromatic heterocycles. The fraction of sp³-hybridized carbons (Fsp3) is 0.625. The fourth-order valence-electron chi connectivity index (χ4n) is 3.80. The third-order valence-corrected chi connectivity index (χ3v) is 4.75. The first-order valence-corrected chi connectivity index (χ1v) is 7.31. The molecule has 0 radical (unpaired) electrons. The van der Waals surface area contributed by atoms with Crippen LogP contribution in [0, 0.1) is 11.8 Å². The van der Waals surface area contributed by atoms with Crippen LogP contribution in [0.3, 0.4) is 0 Å². The predicted octanol–water partition coefficient (Wildman–Crippen LogP) is 3.31. The zero-order valence-electron chi connectivity index (χ0n) is 12.4. The van der Waals surface area contributed by atoms with Crippen LogP contribution < -0.4 is 19.5 Å². The maximum atomic E-state index is 5.40. The topological polar surface area (TPSA) is 39.7 Å². The van der Waals surface area contributed by atoms with Crippen molar-refractivity contribution >= 4 is 5.69 Å². The average Bonchev–Trinajstić information content (AvgIpc) is 3.08. The minimum atomic E-state index is 0.594. The molecule has 1 aromatic carbocycles. The molecule has 4 nitrogen and oxygen atoms in total. The highest BCUT2D eigenvalue weighted by atomic mass is 16.5. The van der Waals surface area contributed by atoms with E-state index in [1.807, 2.05) is 12.1 Å². The molecular formula is C16H23NO3. The number of ether oxygens (including phenoxy) is 3. The second kappa shape index (κ2) is 5.43. The minimum Gasteiger partial charge on any atom is -0.493 e. The van der Waals surface area contributed by atoms with Gasteiger partial charge in [0.2, 0.25) is 5.75 Å². The molecule has 1 N–H and O–H groups in total. The largest absolute Gasteiger partial charge is 0.493 e. The van der Waals surface area contributed by atoms with Crippen molar-refractivity contribution in [1.29, 1.82) is 0 Å². The summed E-state index contributed by atoms with van der Waals surface area (Å²) in [6.07, 6.45) is 5.47. The van der Waals surface area contributed by atoms with Gasteiger partial charge in [0.15, 0.2) is 11.5 Å². The monoisotopic (exact) mass is 277 g/mol. The van der Waals surface area contributed by atoms with Crippen LogP contribution >= 0.6 is 0 Å². The molecule has 2 fully saturated rings. The quantitative estimate of drug-likeness (QED) is 0.896. The fourth-order valence-corrected chi connectivity index (χ4v) is 3.80. The number of fused-ring (bicyclic) bond motifs is 2. The van der Waals surface area contributed by atoms with E-state index in [0.29, 0.717) is 23.3 Å². The van der Waals surface area contributed by atoms with E-state index in [9.17, 15) is 0 Å². The van der Waals surface area contributed by atoms with Crippen LogP contribution in [0.15, 0.2) is 12.1 Å². The third kappa shape index (κ3) is 2.28. The number of rotatable bonds is 5. The Hall–Kier alpha value is -1.58. The minimum absolute atomic E-state index is 0.594. The Morgan fingerprint density at radius 3 is 2.10 bits per heavy atom. The van der Waals surface area contributed by atoms with Crippen LogP contribution in [0.2, 0.25) is 0 Å². The van der Waals surface area contributed by atoms with Crippen LogP contribution in [0.4, 0.5) is 5.69 Å². The summed E-state index contributed by atoms with van der Waals surface area (Å²) in [7, 11) is 4.93. The molecule has 2 bridgehead atoms. The zero-order chi connectivity index (χ0) is 14.1. The number of nitrogens with one attached hydrogen (secondary N) is 1. The summed E-state index contributed by atoms with van der Waals surface area (Å²) in [5.41, 5.74) is 1.05. The van der Waals surface area contributed by atoms with Crippen LogP contribution in [0.5, 0.6) is 17.2 Å². The maximum absolute atomic E-state index is 5.40. The average molecular weight is 277 g/mol. The van der Waals surface area contributed by atoms with E-state index in [4.69, 9.17) is 14.2 Å². The van der Waals surface area contributed by atoms with Crippen molar-refractivity contribution in [2.75, 3.05) is 26.6 Å². The van der Waals surface area contributed by atoms with Gasteiger partial charge in [0.05, 0.1) is 21.3 Å². The Morgan fingerprint density at radius 2 is 1.65 bits per heavy atom. The van der Waals surface area contributed by atoms with E-state index < -0.39 is 0 Å². The number of hydrogen-bond donors (Lipinski definition) is 1. The van der Waals surface area contributed by atoms with Gasteiger partial charge in [-0.3, -0.25) is 0 Å². The molecule has 0 spiro atoms. The SMILES string of the molecule is COc1cc(NC2CC3CCC2C3)cc(OC)c1OC. The van der Waals surface area contributed by atoms with E-state index in [2.05, 4.69) is 5.32 Å². The summed E-state index contributed by atoms with van der Waals surface area (Å²) in [5, 5.41) is 3.66. The van der Waals surface area contributed by atoms with Gasteiger partial charge in [-0.25, -0.2) is 0 Å². The Labute approximate surface area is 120 Å². The van der Waals surface area contributed by atoms with Crippen molar-refractivity contribution < 1.29 is 14.2 Å². The van der Waals surface area contributed by atoms with Gasteiger partial charge in [-0.05, 0) is 31.1 Å². The highest BCUT2D eigenvalue weighted by Gasteiger charge is 2.39. The lowest BCUT2D eigenvalue weighted by molar-refractivity contribution is 0.324. The molecule has 20 heavy (non-hydrogen) atoms. The van der Waals surface area contributed by atoms with Gasteiger partial charge in [-0.15, -0.1) is 0 Å². The van der Waals surface area contributed by atoms with E-state index in [1.54, 1.807) is 21.3 Å². The molecular weight excluding hydrogens is 254 g/mol. The standard InChI is InChI=1S/C16H23NO3/c1-18-14-8-12(9-15(19-2)16(14)20-3)17-13-7-10-4-5-11(13)6-10/h8-11,13,17H,4-7H2,1-3H3. The molecule has 2 saturated carbocycles. The zero-order valence-corrected chi connectivity index (χ0v) is 12.4.